The van der Waals surface area contributed by atoms with Crippen molar-refractivity contribution in [3.05, 3.63) is 68.7 Å². The monoisotopic (exact) mass is 428 g/mol. The second-order valence-electron chi connectivity index (χ2n) is 5.59. The molecule has 0 aromatic heterocycles. The van der Waals surface area contributed by atoms with E-state index >= 15 is 0 Å². The van der Waals surface area contributed by atoms with Crippen LogP contribution in [0.2, 0.25) is 5.02 Å². The number of non-ortho nitro benzene ring substituents is 1. The van der Waals surface area contributed by atoms with Crippen molar-refractivity contribution < 1.29 is 27.7 Å². The number of hydrogen-bond acceptors (Lipinski definition) is 5. The molecule has 0 aliphatic heterocycles. The molecule has 12 heteroatoms. The lowest BCUT2D eigenvalue weighted by atomic mass is 10.1. The number of alkyl halides is 3. The molecule has 0 bridgehead atoms. The maximum atomic E-state index is 12.7. The Morgan fingerprint density at radius 2 is 1.72 bits per heavy atom. The van der Waals surface area contributed by atoms with Gasteiger partial charge in [0.25, 0.3) is 5.69 Å². The molecule has 0 saturated heterocycles. The molecular weight excluding hydrogens is 417 g/mol. The van der Waals surface area contributed by atoms with E-state index in [1.165, 1.54) is 31.2 Å². The number of anilines is 1. The number of halogens is 4. The third-order valence-corrected chi connectivity index (χ3v) is 3.90. The summed E-state index contributed by atoms with van der Waals surface area (Å²) in [6.45, 7) is 1.48. The molecule has 0 spiro atoms. The maximum Gasteiger partial charge on any atom is 0.416 e. The lowest BCUT2D eigenvalue weighted by Crippen LogP contribution is -2.33. The molecule has 8 nitrogen and oxygen atoms in total. The quantitative estimate of drug-likeness (QED) is 0.334. The number of nitro benzene ring substituents is 1. The van der Waals surface area contributed by atoms with Gasteiger partial charge in [0, 0.05) is 12.1 Å². The minimum Gasteiger partial charge on any atom is -0.316 e. The summed E-state index contributed by atoms with van der Waals surface area (Å²) in [5.74, 6) is -2.54. The second kappa shape index (κ2) is 8.69. The molecule has 0 radical (unpaired) electrons. The molecule has 0 heterocycles. The van der Waals surface area contributed by atoms with Gasteiger partial charge in [-0.2, -0.15) is 18.3 Å². The van der Waals surface area contributed by atoms with Crippen molar-refractivity contribution in [2.75, 3.05) is 5.32 Å². The van der Waals surface area contributed by atoms with Gasteiger partial charge in [0.1, 0.15) is 0 Å². The lowest BCUT2D eigenvalue weighted by Gasteiger charge is -2.11. The first-order chi connectivity index (χ1) is 13.5. The molecule has 0 fully saturated rings. The Kier molecular flexibility index (Phi) is 6.54. The number of amides is 2. The third kappa shape index (κ3) is 5.75. The average molecular weight is 429 g/mol. The second-order valence-corrected chi connectivity index (χ2v) is 6.00. The van der Waals surface area contributed by atoms with Crippen LogP contribution in [-0.4, -0.2) is 22.4 Å². The van der Waals surface area contributed by atoms with Crippen LogP contribution in [0, 0.1) is 10.1 Å². The number of hydrazone groups is 1. The van der Waals surface area contributed by atoms with Crippen LogP contribution in [0.25, 0.3) is 0 Å². The minimum atomic E-state index is -4.65. The van der Waals surface area contributed by atoms with Crippen molar-refractivity contribution in [2.45, 2.75) is 13.1 Å². The number of nitro groups is 1. The van der Waals surface area contributed by atoms with E-state index < -0.39 is 34.2 Å². The number of carbonyl (C=O) groups excluding carboxylic acids is 2. The molecule has 0 aliphatic carbocycles. The summed E-state index contributed by atoms with van der Waals surface area (Å²) in [7, 11) is 0. The van der Waals surface area contributed by atoms with E-state index in [9.17, 15) is 32.9 Å². The first-order valence-electron chi connectivity index (χ1n) is 7.76. The van der Waals surface area contributed by atoms with Crippen molar-refractivity contribution in [1.29, 1.82) is 0 Å². The maximum absolute atomic E-state index is 12.7. The van der Waals surface area contributed by atoms with E-state index in [4.69, 9.17) is 11.6 Å². The number of rotatable bonds is 4. The van der Waals surface area contributed by atoms with Crippen LogP contribution in [0.1, 0.15) is 18.1 Å². The number of carbonyl (C=O) groups is 2. The van der Waals surface area contributed by atoms with Gasteiger partial charge in [0.2, 0.25) is 0 Å². The van der Waals surface area contributed by atoms with Crippen LogP contribution in [-0.2, 0) is 15.8 Å². The molecule has 2 rings (SSSR count). The first-order valence-corrected chi connectivity index (χ1v) is 8.14. The highest BCUT2D eigenvalue weighted by atomic mass is 35.5. The van der Waals surface area contributed by atoms with Gasteiger partial charge in [-0.1, -0.05) is 11.6 Å². The third-order valence-electron chi connectivity index (χ3n) is 3.57. The normalized spacial score (nSPS) is 11.7. The fourth-order valence-electron chi connectivity index (χ4n) is 2.05. The van der Waals surface area contributed by atoms with Gasteiger partial charge < -0.3 is 5.32 Å². The zero-order valence-electron chi connectivity index (χ0n) is 14.6. The molecule has 0 aliphatic rings. The van der Waals surface area contributed by atoms with Gasteiger partial charge >= 0.3 is 18.0 Å². The molecule has 0 saturated carbocycles. The van der Waals surface area contributed by atoms with E-state index in [-0.39, 0.29) is 16.4 Å². The highest BCUT2D eigenvalue weighted by molar-refractivity contribution is 6.41. The highest BCUT2D eigenvalue weighted by Crippen LogP contribution is 2.33. The van der Waals surface area contributed by atoms with Gasteiger partial charge in [-0.05, 0) is 42.8 Å². The summed E-state index contributed by atoms with van der Waals surface area (Å²) in [5, 5.41) is 16.1. The Balaban J connectivity index is 2.06. The van der Waals surface area contributed by atoms with Gasteiger partial charge in [0.15, 0.2) is 0 Å². The zero-order chi connectivity index (χ0) is 21.8. The van der Waals surface area contributed by atoms with Crippen molar-refractivity contribution in [3.63, 3.8) is 0 Å². The van der Waals surface area contributed by atoms with Crippen LogP contribution < -0.4 is 10.7 Å². The smallest absolute Gasteiger partial charge is 0.316 e. The molecule has 2 aromatic rings. The molecule has 2 aromatic carbocycles. The Morgan fingerprint density at radius 1 is 1.10 bits per heavy atom. The number of benzene rings is 2. The van der Waals surface area contributed by atoms with E-state index in [0.717, 1.165) is 12.1 Å². The molecule has 0 atom stereocenters. The Morgan fingerprint density at radius 3 is 2.28 bits per heavy atom. The van der Waals surface area contributed by atoms with Gasteiger partial charge in [0.05, 0.1) is 26.9 Å². The molecule has 152 valence electrons. The molecule has 0 unspecified atom stereocenters. The molecule has 2 amide bonds. The van der Waals surface area contributed by atoms with Crippen LogP contribution >= 0.6 is 11.6 Å². The fourth-order valence-corrected chi connectivity index (χ4v) is 2.22. The Hall–Kier alpha value is -3.47. The molecule has 29 heavy (non-hydrogen) atoms. The standard InChI is InChI=1S/C17H12ClF3N4O4/c1-9(10-2-5-12(6-3-10)25(28)29)23-24-16(27)15(26)22-14-8-11(17(19,20)21)4-7-13(14)18/h2-8H,1H3,(H,22,26)(H,24,27)/b23-9+. The molecule has 2 N–H and O–H groups in total. The summed E-state index contributed by atoms with van der Waals surface area (Å²) >= 11 is 5.75. The van der Waals surface area contributed by atoms with Crippen molar-refractivity contribution in [3.8, 4) is 0 Å². The van der Waals surface area contributed by atoms with Crippen LogP contribution in [0.15, 0.2) is 47.6 Å². The van der Waals surface area contributed by atoms with Gasteiger partial charge in [-0.3, -0.25) is 19.7 Å². The SMILES string of the molecule is C/C(=N\NC(=O)C(=O)Nc1cc(C(F)(F)F)ccc1Cl)c1ccc([N+](=O)[O-])cc1. The highest BCUT2D eigenvalue weighted by Gasteiger charge is 2.31. The van der Waals surface area contributed by atoms with Gasteiger partial charge in [-0.25, -0.2) is 5.43 Å². The zero-order valence-corrected chi connectivity index (χ0v) is 15.3. The summed E-state index contributed by atoms with van der Waals surface area (Å²) in [6, 6.07) is 7.53. The van der Waals surface area contributed by atoms with E-state index in [1.54, 1.807) is 0 Å². The predicted molar refractivity (Wildman–Crippen MR) is 98.5 cm³/mol. The van der Waals surface area contributed by atoms with E-state index in [0.29, 0.717) is 11.6 Å². The fraction of sp³-hybridized carbons (Fsp3) is 0.118. The minimum absolute atomic E-state index is 0.136. The van der Waals surface area contributed by atoms with Crippen molar-refractivity contribution >= 4 is 40.5 Å². The molecular formula is C17H12ClF3N4O4. The topological polar surface area (TPSA) is 114 Å². The Bertz CT molecular complexity index is 991. The van der Waals surface area contributed by atoms with Crippen LogP contribution in [0.4, 0.5) is 24.5 Å². The van der Waals surface area contributed by atoms with E-state index in [1.807, 2.05) is 10.7 Å². The number of nitrogens with one attached hydrogen (secondary N) is 2. The number of hydrogen-bond donors (Lipinski definition) is 2. The van der Waals surface area contributed by atoms with Crippen molar-refractivity contribution in [1.82, 2.24) is 5.43 Å². The van der Waals surface area contributed by atoms with E-state index in [2.05, 4.69) is 5.10 Å². The largest absolute Gasteiger partial charge is 0.416 e. The van der Waals surface area contributed by atoms with Crippen LogP contribution in [0.5, 0.6) is 0 Å². The average Bonchev–Trinajstić information content (AvgIpc) is 2.66. The summed E-state index contributed by atoms with van der Waals surface area (Å²) in [5.41, 5.74) is 1.04. The van der Waals surface area contributed by atoms with Crippen molar-refractivity contribution in [2.24, 2.45) is 5.10 Å². The Labute approximate surface area is 166 Å². The first kappa shape index (κ1) is 21.8. The number of nitrogens with zero attached hydrogens (tertiary/aromatic N) is 2. The van der Waals surface area contributed by atoms with Crippen LogP contribution in [0.3, 0.4) is 0 Å². The lowest BCUT2D eigenvalue weighted by molar-refractivity contribution is -0.384. The summed E-state index contributed by atoms with van der Waals surface area (Å²) in [4.78, 5) is 33.8. The predicted octanol–water partition coefficient (Wildman–Crippen LogP) is 3.75. The summed E-state index contributed by atoms with van der Waals surface area (Å²) < 4.78 is 38.2. The van der Waals surface area contributed by atoms with Gasteiger partial charge in [-0.15, -0.1) is 0 Å². The summed E-state index contributed by atoms with van der Waals surface area (Å²) in [6.07, 6.45) is -4.65.